The van der Waals surface area contributed by atoms with E-state index in [2.05, 4.69) is 5.32 Å². The molecule has 0 saturated carbocycles. The summed E-state index contributed by atoms with van der Waals surface area (Å²) < 4.78 is 5.46. The summed E-state index contributed by atoms with van der Waals surface area (Å²) in [5.74, 6) is 0.713. The van der Waals surface area contributed by atoms with E-state index in [0.29, 0.717) is 17.1 Å². The van der Waals surface area contributed by atoms with Gasteiger partial charge in [0, 0.05) is 22.7 Å². The number of fused-ring (bicyclic) bond motifs is 1. The van der Waals surface area contributed by atoms with Crippen molar-refractivity contribution in [3.8, 4) is 5.75 Å². The highest BCUT2D eigenvalue weighted by atomic mass is 35.5. The summed E-state index contributed by atoms with van der Waals surface area (Å²) in [5, 5.41) is 4.12. The van der Waals surface area contributed by atoms with Crippen LogP contribution < -0.4 is 10.1 Å². The molecule has 0 bridgehead atoms. The van der Waals surface area contributed by atoms with Crippen LogP contribution in [0.15, 0.2) is 72.8 Å². The van der Waals surface area contributed by atoms with Crippen molar-refractivity contribution in [1.82, 2.24) is 4.90 Å². The first-order valence-electron chi connectivity index (χ1n) is 8.72. The van der Waals surface area contributed by atoms with Crippen molar-refractivity contribution in [1.29, 1.82) is 0 Å². The van der Waals surface area contributed by atoms with Crippen molar-refractivity contribution < 1.29 is 9.53 Å². The minimum atomic E-state index is -0.304. The maximum absolute atomic E-state index is 13.1. The second-order valence-corrected chi connectivity index (χ2v) is 6.77. The highest BCUT2D eigenvalue weighted by molar-refractivity contribution is 6.31. The molecule has 1 aliphatic heterocycles. The molecular formula is C22H19ClN2O2. The van der Waals surface area contributed by atoms with E-state index in [4.69, 9.17) is 16.3 Å². The minimum absolute atomic E-state index is 0.0158. The van der Waals surface area contributed by atoms with Gasteiger partial charge in [-0.05, 0) is 29.8 Å². The topological polar surface area (TPSA) is 41.6 Å². The number of carbonyl (C=O) groups is 1. The lowest BCUT2D eigenvalue weighted by Crippen LogP contribution is -2.32. The SMILES string of the molecule is COc1ccccc1N[C@@H]1c2ccccc2C(=O)N1Cc1ccccc1Cl. The van der Waals surface area contributed by atoms with Gasteiger partial charge in [-0.25, -0.2) is 0 Å². The maximum Gasteiger partial charge on any atom is 0.256 e. The van der Waals surface area contributed by atoms with Gasteiger partial charge in [-0.1, -0.05) is 60.1 Å². The lowest BCUT2D eigenvalue weighted by atomic mass is 10.1. The molecule has 0 aliphatic carbocycles. The van der Waals surface area contributed by atoms with Gasteiger partial charge in [0.05, 0.1) is 12.8 Å². The molecule has 1 N–H and O–H groups in total. The quantitative estimate of drug-likeness (QED) is 0.670. The van der Waals surface area contributed by atoms with Crippen molar-refractivity contribution in [2.45, 2.75) is 12.7 Å². The fraction of sp³-hybridized carbons (Fsp3) is 0.136. The number of para-hydroxylation sites is 2. The third-order valence-electron chi connectivity index (χ3n) is 4.76. The van der Waals surface area contributed by atoms with Crippen molar-refractivity contribution in [2.75, 3.05) is 12.4 Å². The Labute approximate surface area is 163 Å². The average molecular weight is 379 g/mol. The van der Waals surface area contributed by atoms with E-state index < -0.39 is 0 Å². The number of carbonyl (C=O) groups excluding carboxylic acids is 1. The Hall–Kier alpha value is -2.98. The van der Waals surface area contributed by atoms with Gasteiger partial charge in [0.25, 0.3) is 5.91 Å². The predicted octanol–water partition coefficient (Wildman–Crippen LogP) is 5.12. The van der Waals surface area contributed by atoms with E-state index in [0.717, 1.165) is 22.6 Å². The normalized spacial score (nSPS) is 15.6. The molecule has 1 amide bonds. The Morgan fingerprint density at radius 1 is 1.00 bits per heavy atom. The van der Waals surface area contributed by atoms with Crippen LogP contribution in [0.2, 0.25) is 5.02 Å². The molecule has 1 atom stereocenters. The third-order valence-corrected chi connectivity index (χ3v) is 5.12. The summed E-state index contributed by atoms with van der Waals surface area (Å²) in [4.78, 5) is 14.9. The molecule has 0 radical (unpaired) electrons. The Bertz CT molecular complexity index is 989. The number of ether oxygens (including phenoxy) is 1. The van der Waals surface area contributed by atoms with Gasteiger partial charge in [-0.3, -0.25) is 4.79 Å². The molecule has 0 unspecified atom stereocenters. The molecule has 0 saturated heterocycles. The van der Waals surface area contributed by atoms with E-state index >= 15 is 0 Å². The number of rotatable bonds is 5. The number of nitrogens with zero attached hydrogens (tertiary/aromatic N) is 1. The lowest BCUT2D eigenvalue weighted by Gasteiger charge is -2.28. The molecule has 3 aromatic carbocycles. The molecule has 0 spiro atoms. The molecule has 4 nitrogen and oxygen atoms in total. The molecule has 1 heterocycles. The van der Waals surface area contributed by atoms with Crippen LogP contribution in [0.5, 0.6) is 5.75 Å². The van der Waals surface area contributed by atoms with Gasteiger partial charge in [0.2, 0.25) is 0 Å². The molecule has 0 fully saturated rings. The van der Waals surface area contributed by atoms with E-state index in [1.807, 2.05) is 72.8 Å². The maximum atomic E-state index is 13.1. The van der Waals surface area contributed by atoms with E-state index in [1.54, 1.807) is 12.0 Å². The summed E-state index contributed by atoms with van der Waals surface area (Å²) in [6.45, 7) is 0.417. The number of methoxy groups -OCH3 is 1. The predicted molar refractivity (Wildman–Crippen MR) is 107 cm³/mol. The van der Waals surface area contributed by atoms with Crippen LogP contribution >= 0.6 is 11.6 Å². The first-order chi connectivity index (χ1) is 13.2. The number of nitrogens with one attached hydrogen (secondary N) is 1. The first-order valence-corrected chi connectivity index (χ1v) is 9.09. The van der Waals surface area contributed by atoms with Gasteiger partial charge in [0.1, 0.15) is 11.9 Å². The number of anilines is 1. The van der Waals surface area contributed by atoms with Gasteiger partial charge in [-0.15, -0.1) is 0 Å². The minimum Gasteiger partial charge on any atom is -0.495 e. The van der Waals surface area contributed by atoms with E-state index in [1.165, 1.54) is 0 Å². The van der Waals surface area contributed by atoms with Gasteiger partial charge >= 0.3 is 0 Å². The number of hydrogen-bond donors (Lipinski definition) is 1. The molecular weight excluding hydrogens is 360 g/mol. The zero-order valence-corrected chi connectivity index (χ0v) is 15.6. The Morgan fingerprint density at radius 2 is 1.70 bits per heavy atom. The largest absolute Gasteiger partial charge is 0.495 e. The Kier molecular flexibility index (Phi) is 4.73. The molecule has 27 heavy (non-hydrogen) atoms. The van der Waals surface area contributed by atoms with Crippen LogP contribution in [0.25, 0.3) is 0 Å². The average Bonchev–Trinajstić information content (AvgIpc) is 2.96. The second kappa shape index (κ2) is 7.33. The van der Waals surface area contributed by atoms with Crippen LogP contribution in [-0.2, 0) is 6.54 Å². The molecule has 4 rings (SSSR count). The van der Waals surface area contributed by atoms with Crippen LogP contribution in [0.4, 0.5) is 5.69 Å². The van der Waals surface area contributed by atoms with Crippen molar-refractivity contribution in [3.05, 3.63) is 94.5 Å². The molecule has 0 aromatic heterocycles. The zero-order chi connectivity index (χ0) is 18.8. The molecule has 3 aromatic rings. The monoisotopic (exact) mass is 378 g/mol. The molecule has 1 aliphatic rings. The number of benzene rings is 3. The number of amides is 1. The number of hydrogen-bond acceptors (Lipinski definition) is 3. The highest BCUT2D eigenvalue weighted by Gasteiger charge is 2.37. The van der Waals surface area contributed by atoms with Crippen molar-refractivity contribution in [2.24, 2.45) is 0 Å². The van der Waals surface area contributed by atoms with Crippen LogP contribution in [0.1, 0.15) is 27.7 Å². The van der Waals surface area contributed by atoms with Crippen LogP contribution in [0, 0.1) is 0 Å². The van der Waals surface area contributed by atoms with E-state index in [9.17, 15) is 4.79 Å². The zero-order valence-electron chi connectivity index (χ0n) is 14.9. The fourth-order valence-corrected chi connectivity index (χ4v) is 3.61. The summed E-state index contributed by atoms with van der Waals surface area (Å²) in [5.41, 5.74) is 3.39. The Balaban J connectivity index is 1.73. The van der Waals surface area contributed by atoms with Gasteiger partial charge < -0.3 is 15.0 Å². The van der Waals surface area contributed by atoms with E-state index in [-0.39, 0.29) is 12.1 Å². The number of halogens is 1. The standard InChI is InChI=1S/C22H19ClN2O2/c1-27-20-13-7-6-12-19(20)24-21-16-9-3-4-10-17(16)22(26)25(21)14-15-8-2-5-11-18(15)23/h2-13,21,24H,14H2,1H3/t21-/m0/s1. The van der Waals surface area contributed by atoms with Crippen molar-refractivity contribution in [3.63, 3.8) is 0 Å². The van der Waals surface area contributed by atoms with Crippen LogP contribution in [-0.4, -0.2) is 17.9 Å². The smallest absolute Gasteiger partial charge is 0.256 e. The van der Waals surface area contributed by atoms with Crippen molar-refractivity contribution >= 4 is 23.2 Å². The summed E-state index contributed by atoms with van der Waals surface area (Å²) in [6.07, 6.45) is -0.304. The summed E-state index contributed by atoms with van der Waals surface area (Å²) in [6, 6.07) is 23.0. The summed E-state index contributed by atoms with van der Waals surface area (Å²) in [7, 11) is 1.63. The first kappa shape index (κ1) is 17.4. The molecule has 136 valence electrons. The third kappa shape index (κ3) is 3.24. The highest BCUT2D eigenvalue weighted by Crippen LogP contribution is 2.38. The molecule has 5 heteroatoms. The second-order valence-electron chi connectivity index (χ2n) is 6.36. The van der Waals surface area contributed by atoms with Gasteiger partial charge in [-0.2, -0.15) is 0 Å². The van der Waals surface area contributed by atoms with Crippen LogP contribution in [0.3, 0.4) is 0 Å². The lowest BCUT2D eigenvalue weighted by molar-refractivity contribution is 0.0728. The fourth-order valence-electron chi connectivity index (χ4n) is 3.41. The van der Waals surface area contributed by atoms with Gasteiger partial charge in [0.15, 0.2) is 0 Å². The summed E-state index contributed by atoms with van der Waals surface area (Å²) >= 11 is 6.34. The Morgan fingerprint density at radius 3 is 2.52 bits per heavy atom.